The van der Waals surface area contributed by atoms with Crippen LogP contribution in [0.2, 0.25) is 10.3 Å². The van der Waals surface area contributed by atoms with Crippen LogP contribution in [0.15, 0.2) is 89.2 Å². The number of benzene rings is 3. The Morgan fingerprint density at radius 3 is 2.51 bits per heavy atom. The molecular formula is C31H30Cl2N6O3S. The number of rotatable bonds is 13. The van der Waals surface area contributed by atoms with Gasteiger partial charge in [0.1, 0.15) is 17.5 Å². The minimum atomic E-state index is -0.813. The summed E-state index contributed by atoms with van der Waals surface area (Å²) < 4.78 is 9.93. The Bertz CT molecular complexity index is 1690. The number of carbonyl (C=O) groups is 1. The van der Waals surface area contributed by atoms with Crippen LogP contribution in [-0.4, -0.2) is 35.4 Å². The highest BCUT2D eigenvalue weighted by atomic mass is 35.5. The molecule has 0 aliphatic rings. The Morgan fingerprint density at radius 2 is 1.84 bits per heavy atom. The van der Waals surface area contributed by atoms with Crippen LogP contribution in [0.5, 0.6) is 5.75 Å². The first-order valence-electron chi connectivity index (χ1n) is 13.6. The maximum absolute atomic E-state index is 11.5. The number of hydrogen-bond donors (Lipinski definition) is 2. The van der Waals surface area contributed by atoms with Crippen LogP contribution in [0, 0.1) is 0 Å². The van der Waals surface area contributed by atoms with Gasteiger partial charge in [-0.3, -0.25) is 4.79 Å². The van der Waals surface area contributed by atoms with E-state index in [1.165, 1.54) is 11.8 Å². The number of nitrogens with zero attached hydrogens (tertiary/aromatic N) is 5. The second-order valence-electron chi connectivity index (χ2n) is 9.83. The number of carboxylic acid groups (broad SMARTS) is 1. The molecule has 1 atom stereocenters. The first kappa shape index (κ1) is 30.5. The van der Waals surface area contributed by atoms with Crippen LogP contribution in [0.3, 0.4) is 0 Å². The molecule has 0 bridgehead atoms. The smallest absolute Gasteiger partial charge is 0.310 e. The Balaban J connectivity index is 1.32. The monoisotopic (exact) mass is 636 g/mol. The maximum Gasteiger partial charge on any atom is 0.310 e. The molecule has 0 radical (unpaired) electrons. The SMILES string of the molecule is CCC(C(=O)O)c1ccc(NCc2ccc(Sc3nnc(Cn4cnc(Cl)c4Cl)n3C)cc2OCc2ccccc2)cc1. The number of imidazole rings is 1. The van der Waals surface area contributed by atoms with Gasteiger partial charge in [0.15, 0.2) is 16.1 Å². The molecule has 2 heterocycles. The third kappa shape index (κ3) is 7.51. The molecule has 12 heteroatoms. The van der Waals surface area contributed by atoms with Crippen molar-refractivity contribution in [2.24, 2.45) is 7.05 Å². The van der Waals surface area contributed by atoms with Crippen molar-refractivity contribution in [2.75, 3.05) is 5.32 Å². The molecular weight excluding hydrogens is 607 g/mol. The predicted octanol–water partition coefficient (Wildman–Crippen LogP) is 7.29. The van der Waals surface area contributed by atoms with Crippen molar-refractivity contribution in [1.29, 1.82) is 0 Å². The number of aliphatic carboxylic acids is 1. The molecule has 2 N–H and O–H groups in total. The standard InChI is InChI=1S/C31H30Cl2N6O3S/c1-3-25(30(40)41)21-9-12-23(13-10-21)34-16-22-11-14-24(15-26(22)42-18-20-7-5-4-6-8-20)43-31-37-36-27(38(31)2)17-39-19-35-28(32)29(39)33/h4-15,19,25,34H,3,16-18H2,1-2H3,(H,40,41). The van der Waals surface area contributed by atoms with Crippen LogP contribution in [0.1, 0.15) is 41.8 Å². The molecule has 1 unspecified atom stereocenters. The summed E-state index contributed by atoms with van der Waals surface area (Å²) in [4.78, 5) is 16.5. The quantitative estimate of drug-likeness (QED) is 0.139. The molecule has 9 nitrogen and oxygen atoms in total. The van der Waals surface area contributed by atoms with E-state index in [0.717, 1.165) is 33.0 Å². The van der Waals surface area contributed by atoms with E-state index in [2.05, 4.69) is 20.5 Å². The van der Waals surface area contributed by atoms with Crippen molar-refractivity contribution in [3.63, 3.8) is 0 Å². The molecule has 0 spiro atoms. The van der Waals surface area contributed by atoms with Crippen LogP contribution in [0.4, 0.5) is 5.69 Å². The van der Waals surface area contributed by atoms with Crippen molar-refractivity contribution >= 4 is 46.6 Å². The summed E-state index contributed by atoms with van der Waals surface area (Å²) in [6.45, 7) is 3.20. The second kappa shape index (κ2) is 14.0. The molecule has 0 aliphatic heterocycles. The summed E-state index contributed by atoms with van der Waals surface area (Å²) >= 11 is 13.7. The highest BCUT2D eigenvalue weighted by Crippen LogP contribution is 2.33. The number of carboxylic acids is 1. The molecule has 5 aromatic rings. The minimum absolute atomic E-state index is 0.247. The summed E-state index contributed by atoms with van der Waals surface area (Å²) in [5.41, 5.74) is 3.72. The first-order chi connectivity index (χ1) is 20.8. The van der Waals surface area contributed by atoms with Gasteiger partial charge in [0.2, 0.25) is 0 Å². The second-order valence-corrected chi connectivity index (χ2v) is 11.6. The molecule has 3 aromatic carbocycles. The van der Waals surface area contributed by atoms with E-state index in [1.54, 1.807) is 10.9 Å². The zero-order chi connectivity index (χ0) is 30.3. The van der Waals surface area contributed by atoms with Crippen LogP contribution < -0.4 is 10.1 Å². The summed E-state index contributed by atoms with van der Waals surface area (Å²) in [6.07, 6.45) is 2.11. The fraction of sp³-hybridized carbons (Fsp3) is 0.226. The summed E-state index contributed by atoms with van der Waals surface area (Å²) in [5.74, 6) is 0.132. The number of halogens is 2. The Hall–Kier alpha value is -3.99. The van der Waals surface area contributed by atoms with Gasteiger partial charge in [-0.1, -0.05) is 78.7 Å². The highest BCUT2D eigenvalue weighted by Gasteiger charge is 2.18. The third-order valence-corrected chi connectivity index (χ3v) is 8.75. The summed E-state index contributed by atoms with van der Waals surface area (Å²) in [6, 6.07) is 23.6. The van der Waals surface area contributed by atoms with E-state index in [4.69, 9.17) is 27.9 Å². The lowest BCUT2D eigenvalue weighted by atomic mass is 9.96. The van der Waals surface area contributed by atoms with Crippen molar-refractivity contribution in [2.45, 2.75) is 49.0 Å². The van der Waals surface area contributed by atoms with Gasteiger partial charge in [-0.25, -0.2) is 4.98 Å². The molecule has 5 rings (SSSR count). The average molecular weight is 638 g/mol. The summed E-state index contributed by atoms with van der Waals surface area (Å²) in [5, 5.41) is 22.9. The molecule has 43 heavy (non-hydrogen) atoms. The van der Waals surface area contributed by atoms with Crippen molar-refractivity contribution in [3.05, 3.63) is 112 Å². The average Bonchev–Trinajstić information content (AvgIpc) is 3.52. The van der Waals surface area contributed by atoms with Gasteiger partial charge in [-0.15, -0.1) is 10.2 Å². The Kier molecular flexibility index (Phi) is 9.91. The van der Waals surface area contributed by atoms with E-state index in [0.29, 0.717) is 42.3 Å². The van der Waals surface area contributed by atoms with Gasteiger partial charge in [-0.05, 0) is 53.6 Å². The fourth-order valence-corrected chi connectivity index (χ4v) is 5.62. The topological polar surface area (TPSA) is 107 Å². The fourth-order valence-electron chi connectivity index (χ4n) is 4.48. The van der Waals surface area contributed by atoms with E-state index in [9.17, 15) is 9.90 Å². The molecule has 0 amide bonds. The minimum Gasteiger partial charge on any atom is -0.489 e. The van der Waals surface area contributed by atoms with E-state index < -0.39 is 11.9 Å². The van der Waals surface area contributed by atoms with Gasteiger partial charge in [0.05, 0.1) is 18.8 Å². The first-order valence-corrected chi connectivity index (χ1v) is 15.2. The molecule has 0 saturated heterocycles. The third-order valence-electron chi connectivity index (χ3n) is 6.96. The molecule has 0 aliphatic carbocycles. The predicted molar refractivity (Wildman–Crippen MR) is 168 cm³/mol. The number of hydrogen-bond acceptors (Lipinski definition) is 7. The summed E-state index contributed by atoms with van der Waals surface area (Å²) in [7, 11) is 1.90. The van der Waals surface area contributed by atoms with Gasteiger partial charge in [-0.2, -0.15) is 0 Å². The van der Waals surface area contributed by atoms with Crippen molar-refractivity contribution < 1.29 is 14.6 Å². The van der Waals surface area contributed by atoms with E-state index in [-0.39, 0.29) is 5.15 Å². The molecule has 0 fully saturated rings. The number of anilines is 1. The van der Waals surface area contributed by atoms with Gasteiger partial charge >= 0.3 is 5.97 Å². The van der Waals surface area contributed by atoms with Gasteiger partial charge in [0.25, 0.3) is 0 Å². The Labute approximate surface area is 263 Å². The lowest BCUT2D eigenvalue weighted by molar-refractivity contribution is -0.138. The largest absolute Gasteiger partial charge is 0.489 e. The van der Waals surface area contributed by atoms with Crippen molar-refractivity contribution in [1.82, 2.24) is 24.3 Å². The zero-order valence-electron chi connectivity index (χ0n) is 23.6. The number of ether oxygens (including phenoxy) is 1. The maximum atomic E-state index is 11.5. The van der Waals surface area contributed by atoms with Crippen LogP contribution >= 0.6 is 35.0 Å². The zero-order valence-corrected chi connectivity index (χ0v) is 25.9. The van der Waals surface area contributed by atoms with E-state index >= 15 is 0 Å². The lowest BCUT2D eigenvalue weighted by Gasteiger charge is -2.15. The lowest BCUT2D eigenvalue weighted by Crippen LogP contribution is -2.10. The number of nitrogens with one attached hydrogen (secondary N) is 1. The Morgan fingerprint density at radius 1 is 1.07 bits per heavy atom. The molecule has 0 saturated carbocycles. The van der Waals surface area contributed by atoms with Gasteiger partial charge < -0.3 is 24.3 Å². The molecule has 222 valence electrons. The van der Waals surface area contributed by atoms with E-state index in [1.807, 2.05) is 91.3 Å². The molecule has 2 aromatic heterocycles. The van der Waals surface area contributed by atoms with Gasteiger partial charge in [0, 0.05) is 29.7 Å². The van der Waals surface area contributed by atoms with Crippen molar-refractivity contribution in [3.8, 4) is 5.75 Å². The normalized spacial score (nSPS) is 11.8. The van der Waals surface area contributed by atoms with Crippen LogP contribution in [-0.2, 0) is 31.5 Å². The number of aromatic nitrogens is 5. The van der Waals surface area contributed by atoms with Crippen LogP contribution in [0.25, 0.3) is 0 Å². The highest BCUT2D eigenvalue weighted by molar-refractivity contribution is 7.99.